The number of rotatable bonds is 11. The lowest BCUT2D eigenvalue weighted by Crippen LogP contribution is -2.41. The van der Waals surface area contributed by atoms with Crippen LogP contribution in [0.15, 0.2) is 41.3 Å². The Bertz CT molecular complexity index is 1250. The fourth-order valence-corrected chi connectivity index (χ4v) is 3.89. The van der Waals surface area contributed by atoms with Crippen molar-refractivity contribution in [1.82, 2.24) is 19.9 Å². The molecule has 11 heteroatoms. The van der Waals surface area contributed by atoms with Gasteiger partial charge in [0.1, 0.15) is 11.6 Å². The van der Waals surface area contributed by atoms with E-state index in [0.29, 0.717) is 17.6 Å². The number of nitrogens with one attached hydrogen (secondary N) is 2. The number of aromatic amines is 1. The molecule has 0 bridgehead atoms. The fraction of sp³-hybridized carbons (Fsp3) is 0.348. The average molecular weight is 469 g/mol. The number of nitrogens with zero attached hydrogens (tertiary/aromatic N) is 2. The zero-order valence-corrected chi connectivity index (χ0v) is 18.7. The van der Waals surface area contributed by atoms with E-state index in [0.717, 1.165) is 18.4 Å². The van der Waals surface area contributed by atoms with E-state index in [4.69, 9.17) is 10.8 Å². The SMILES string of the molecule is CCC(CCn1ccc2nc(N)[nH]c(=O)c21)c1ccc(C(=O)N[C@@H](CCC(=O)O)C(=O)O)cc1. The molecule has 0 saturated carbocycles. The summed E-state index contributed by atoms with van der Waals surface area (Å²) in [5.41, 5.74) is 7.60. The topological polar surface area (TPSA) is 180 Å². The number of aliphatic carboxylic acids is 2. The van der Waals surface area contributed by atoms with Crippen molar-refractivity contribution in [3.05, 3.63) is 58.0 Å². The molecule has 0 saturated heterocycles. The van der Waals surface area contributed by atoms with Gasteiger partial charge < -0.3 is 25.8 Å². The predicted octanol–water partition coefficient (Wildman–Crippen LogP) is 1.94. The van der Waals surface area contributed by atoms with Crippen molar-refractivity contribution in [2.45, 2.75) is 51.1 Å². The molecule has 3 aromatic rings. The molecule has 180 valence electrons. The molecule has 6 N–H and O–H groups in total. The third kappa shape index (κ3) is 5.80. The maximum absolute atomic E-state index is 12.4. The largest absolute Gasteiger partial charge is 0.481 e. The number of carbonyl (C=O) groups excluding carboxylic acids is 1. The molecular formula is C23H27N5O6. The molecule has 11 nitrogen and oxygen atoms in total. The Hall–Kier alpha value is -4.15. The highest BCUT2D eigenvalue weighted by Crippen LogP contribution is 2.25. The zero-order valence-electron chi connectivity index (χ0n) is 18.7. The number of H-pyrrole nitrogens is 1. The highest BCUT2D eigenvalue weighted by atomic mass is 16.4. The summed E-state index contributed by atoms with van der Waals surface area (Å²) in [4.78, 5) is 53.4. The first-order valence-electron chi connectivity index (χ1n) is 10.9. The minimum Gasteiger partial charge on any atom is -0.481 e. The number of aryl methyl sites for hydroxylation is 1. The molecule has 1 amide bonds. The Balaban J connectivity index is 1.66. The lowest BCUT2D eigenvalue weighted by molar-refractivity contribution is -0.140. The van der Waals surface area contributed by atoms with Crippen molar-refractivity contribution in [3.63, 3.8) is 0 Å². The Morgan fingerprint density at radius 1 is 1.15 bits per heavy atom. The van der Waals surface area contributed by atoms with Crippen LogP contribution in [0.1, 0.15) is 54.4 Å². The molecule has 2 atom stereocenters. The predicted molar refractivity (Wildman–Crippen MR) is 125 cm³/mol. The number of anilines is 1. The lowest BCUT2D eigenvalue weighted by Gasteiger charge is -2.17. The van der Waals surface area contributed by atoms with Crippen molar-refractivity contribution in [3.8, 4) is 0 Å². The van der Waals surface area contributed by atoms with Crippen LogP contribution in [0.5, 0.6) is 0 Å². The van der Waals surface area contributed by atoms with Gasteiger partial charge >= 0.3 is 11.9 Å². The van der Waals surface area contributed by atoms with Crippen LogP contribution in [0.3, 0.4) is 0 Å². The summed E-state index contributed by atoms with van der Waals surface area (Å²) in [5, 5.41) is 20.3. The van der Waals surface area contributed by atoms with Gasteiger partial charge in [0.15, 0.2) is 0 Å². The number of carboxylic acid groups (broad SMARTS) is 2. The molecular weight excluding hydrogens is 442 g/mol. The van der Waals surface area contributed by atoms with Crippen LogP contribution < -0.4 is 16.6 Å². The standard InChI is InChI=1S/C23H27N5O6/c1-2-13(9-11-28-12-10-16-19(28)21(32)27-23(24)26-16)14-3-5-15(6-4-14)20(31)25-17(22(33)34)7-8-18(29)30/h3-6,10,12-13,17H,2,7-9,11H2,1H3,(H,25,31)(H,29,30)(H,33,34)(H3,24,26,27,32)/t13?,17-/m0/s1. The fourth-order valence-electron chi connectivity index (χ4n) is 3.89. The Morgan fingerprint density at radius 2 is 1.85 bits per heavy atom. The summed E-state index contributed by atoms with van der Waals surface area (Å²) < 4.78 is 1.84. The second kappa shape index (κ2) is 10.6. The first kappa shape index (κ1) is 24.5. The average Bonchev–Trinajstić information content (AvgIpc) is 3.20. The minimum absolute atomic E-state index is 0.0716. The normalized spacial score (nSPS) is 12.9. The maximum Gasteiger partial charge on any atom is 0.326 e. The van der Waals surface area contributed by atoms with Crippen LogP contribution in [0.2, 0.25) is 0 Å². The first-order valence-corrected chi connectivity index (χ1v) is 10.9. The number of fused-ring (bicyclic) bond motifs is 1. The van der Waals surface area contributed by atoms with Crippen molar-refractivity contribution in [2.24, 2.45) is 0 Å². The number of carbonyl (C=O) groups is 3. The molecule has 0 aliphatic carbocycles. The molecule has 2 heterocycles. The van der Waals surface area contributed by atoms with E-state index in [-0.39, 0.29) is 35.8 Å². The summed E-state index contributed by atoms with van der Waals surface area (Å²) in [7, 11) is 0. The van der Waals surface area contributed by atoms with Crippen LogP contribution in [-0.4, -0.2) is 48.6 Å². The van der Waals surface area contributed by atoms with Gasteiger partial charge in [0.25, 0.3) is 11.5 Å². The molecule has 1 unspecified atom stereocenters. The molecule has 0 aliphatic rings. The van der Waals surface area contributed by atoms with E-state index in [1.54, 1.807) is 24.4 Å². The molecule has 0 aliphatic heterocycles. The smallest absolute Gasteiger partial charge is 0.326 e. The van der Waals surface area contributed by atoms with Crippen molar-refractivity contribution >= 4 is 34.8 Å². The van der Waals surface area contributed by atoms with E-state index < -0.39 is 23.9 Å². The third-order valence-corrected chi connectivity index (χ3v) is 5.75. The molecule has 0 radical (unpaired) electrons. The highest BCUT2D eigenvalue weighted by molar-refractivity contribution is 5.96. The van der Waals surface area contributed by atoms with Crippen molar-refractivity contribution < 1.29 is 24.6 Å². The second-order valence-electron chi connectivity index (χ2n) is 8.01. The van der Waals surface area contributed by atoms with Gasteiger partial charge in [0, 0.05) is 24.7 Å². The third-order valence-electron chi connectivity index (χ3n) is 5.75. The molecule has 2 aromatic heterocycles. The van der Waals surface area contributed by atoms with Gasteiger partial charge in [-0.2, -0.15) is 0 Å². The number of carboxylic acids is 2. The van der Waals surface area contributed by atoms with Gasteiger partial charge in [-0.15, -0.1) is 0 Å². The van der Waals surface area contributed by atoms with E-state index in [9.17, 15) is 24.3 Å². The van der Waals surface area contributed by atoms with Crippen LogP contribution >= 0.6 is 0 Å². The monoisotopic (exact) mass is 469 g/mol. The Kier molecular flexibility index (Phi) is 7.67. The van der Waals surface area contributed by atoms with Crippen LogP contribution in [0.4, 0.5) is 5.95 Å². The molecule has 1 aromatic carbocycles. The molecule has 3 rings (SSSR count). The summed E-state index contributed by atoms with van der Waals surface area (Å²) in [5.74, 6) is -2.76. The number of hydrogen-bond acceptors (Lipinski definition) is 6. The number of hydrogen-bond donors (Lipinski definition) is 5. The van der Waals surface area contributed by atoms with Gasteiger partial charge in [-0.3, -0.25) is 19.4 Å². The zero-order chi connectivity index (χ0) is 24.8. The van der Waals surface area contributed by atoms with E-state index in [1.165, 1.54) is 0 Å². The van der Waals surface area contributed by atoms with Gasteiger partial charge in [0.05, 0.1) is 5.52 Å². The van der Waals surface area contributed by atoms with E-state index in [2.05, 4.69) is 15.3 Å². The lowest BCUT2D eigenvalue weighted by atomic mass is 9.92. The van der Waals surface area contributed by atoms with E-state index in [1.807, 2.05) is 23.6 Å². The number of amides is 1. The first-order chi connectivity index (χ1) is 16.2. The quantitative estimate of drug-likeness (QED) is 0.282. The Morgan fingerprint density at radius 3 is 2.47 bits per heavy atom. The Labute approximate surface area is 194 Å². The number of nitrogens with two attached hydrogens (primary N) is 1. The molecule has 0 spiro atoms. The van der Waals surface area contributed by atoms with Crippen molar-refractivity contribution in [1.29, 1.82) is 0 Å². The maximum atomic E-state index is 12.4. The summed E-state index contributed by atoms with van der Waals surface area (Å²) in [6, 6.07) is 7.34. The number of aromatic nitrogens is 3. The van der Waals surface area contributed by atoms with Gasteiger partial charge in [-0.05, 0) is 48.9 Å². The minimum atomic E-state index is -1.29. The van der Waals surface area contributed by atoms with Gasteiger partial charge in [0.2, 0.25) is 5.95 Å². The summed E-state index contributed by atoms with van der Waals surface area (Å²) in [6.07, 6.45) is 2.82. The molecule has 34 heavy (non-hydrogen) atoms. The van der Waals surface area contributed by atoms with Crippen molar-refractivity contribution in [2.75, 3.05) is 5.73 Å². The van der Waals surface area contributed by atoms with Gasteiger partial charge in [-0.1, -0.05) is 19.1 Å². The van der Waals surface area contributed by atoms with E-state index >= 15 is 0 Å². The molecule has 0 fully saturated rings. The van der Waals surface area contributed by atoms with Crippen LogP contribution in [-0.2, 0) is 16.1 Å². The number of nitrogen functional groups attached to an aromatic ring is 1. The summed E-state index contributed by atoms with van der Waals surface area (Å²) in [6.45, 7) is 2.64. The number of benzene rings is 1. The second-order valence-corrected chi connectivity index (χ2v) is 8.01. The van der Waals surface area contributed by atoms with Crippen LogP contribution in [0, 0.1) is 0 Å². The summed E-state index contributed by atoms with van der Waals surface area (Å²) >= 11 is 0. The van der Waals surface area contributed by atoms with Gasteiger partial charge in [-0.25, -0.2) is 9.78 Å². The van der Waals surface area contributed by atoms with Crippen LogP contribution in [0.25, 0.3) is 11.0 Å². The highest BCUT2D eigenvalue weighted by Gasteiger charge is 2.22.